The van der Waals surface area contributed by atoms with E-state index < -0.39 is 0 Å². The molecule has 0 aliphatic rings. The zero-order valence-corrected chi connectivity index (χ0v) is 11.3. The second-order valence-electron chi connectivity index (χ2n) is 4.51. The van der Waals surface area contributed by atoms with Gasteiger partial charge in [0.1, 0.15) is 0 Å². The van der Waals surface area contributed by atoms with Gasteiger partial charge in [0.2, 0.25) is 0 Å². The average Bonchev–Trinajstić information content (AvgIpc) is 2.46. The molecule has 0 aliphatic carbocycles. The third kappa shape index (κ3) is 2.92. The summed E-state index contributed by atoms with van der Waals surface area (Å²) in [5.41, 5.74) is 3.96. The van der Waals surface area contributed by atoms with Crippen LogP contribution in [0.4, 0.5) is 11.4 Å². The summed E-state index contributed by atoms with van der Waals surface area (Å²) in [5, 5.41) is 0. The predicted molar refractivity (Wildman–Crippen MR) is 79.6 cm³/mol. The van der Waals surface area contributed by atoms with Crippen molar-refractivity contribution in [2.24, 2.45) is 0 Å². The van der Waals surface area contributed by atoms with Crippen molar-refractivity contribution >= 4 is 11.4 Å². The molecule has 0 amide bonds. The van der Waals surface area contributed by atoms with E-state index in [1.54, 1.807) is 0 Å². The van der Waals surface area contributed by atoms with Gasteiger partial charge in [-0.15, -0.1) is 0 Å². The highest BCUT2D eigenvalue weighted by Gasteiger charge is 2.07. The van der Waals surface area contributed by atoms with Crippen LogP contribution in [0.2, 0.25) is 0 Å². The lowest BCUT2D eigenvalue weighted by Gasteiger charge is -2.25. The summed E-state index contributed by atoms with van der Waals surface area (Å²) in [6, 6.07) is 19.4. The van der Waals surface area contributed by atoms with Crippen LogP contribution >= 0.6 is 0 Å². The molecule has 2 aromatic rings. The smallest absolute Gasteiger partial charge is 0.0413 e. The summed E-state index contributed by atoms with van der Waals surface area (Å²) >= 11 is 0. The van der Waals surface area contributed by atoms with Crippen molar-refractivity contribution in [3.63, 3.8) is 0 Å². The van der Waals surface area contributed by atoms with Crippen molar-refractivity contribution in [2.45, 2.75) is 26.7 Å². The average molecular weight is 239 g/mol. The maximum atomic E-state index is 2.39. The van der Waals surface area contributed by atoms with Gasteiger partial charge in [0, 0.05) is 17.9 Å². The Labute approximate surface area is 110 Å². The van der Waals surface area contributed by atoms with Crippen LogP contribution in [-0.4, -0.2) is 6.54 Å². The normalized spacial score (nSPS) is 10.3. The lowest BCUT2D eigenvalue weighted by molar-refractivity contribution is 0.884. The number of benzene rings is 2. The highest BCUT2D eigenvalue weighted by Crippen LogP contribution is 2.26. The van der Waals surface area contributed by atoms with Gasteiger partial charge >= 0.3 is 0 Å². The van der Waals surface area contributed by atoms with E-state index in [-0.39, 0.29) is 0 Å². The first-order chi connectivity index (χ1) is 8.85. The van der Waals surface area contributed by atoms with E-state index in [1.807, 2.05) is 0 Å². The van der Waals surface area contributed by atoms with Crippen molar-refractivity contribution in [1.82, 2.24) is 0 Å². The Morgan fingerprint density at radius 3 is 2.22 bits per heavy atom. The molecule has 2 aromatic carbocycles. The number of aryl methyl sites for hydroxylation is 1. The van der Waals surface area contributed by atoms with Gasteiger partial charge in [-0.25, -0.2) is 0 Å². The van der Waals surface area contributed by atoms with Gasteiger partial charge in [0.25, 0.3) is 0 Å². The molecule has 0 aliphatic heterocycles. The van der Waals surface area contributed by atoms with Crippen LogP contribution in [0.15, 0.2) is 54.6 Å². The summed E-state index contributed by atoms with van der Waals surface area (Å²) < 4.78 is 0. The van der Waals surface area contributed by atoms with E-state index in [2.05, 4.69) is 73.3 Å². The Morgan fingerprint density at radius 1 is 0.833 bits per heavy atom. The SMILES string of the molecule is CCCN(c1ccccc1)c1cccc(CC)c1. The van der Waals surface area contributed by atoms with Gasteiger partial charge in [-0.3, -0.25) is 0 Å². The van der Waals surface area contributed by atoms with Crippen LogP contribution in [0, 0.1) is 0 Å². The Hall–Kier alpha value is -1.76. The van der Waals surface area contributed by atoms with Crippen molar-refractivity contribution in [3.05, 3.63) is 60.2 Å². The largest absolute Gasteiger partial charge is 0.341 e. The molecule has 0 bridgehead atoms. The molecule has 2 rings (SSSR count). The molecule has 0 fully saturated rings. The van der Waals surface area contributed by atoms with Crippen molar-refractivity contribution < 1.29 is 0 Å². The van der Waals surface area contributed by atoms with Crippen LogP contribution in [0.5, 0.6) is 0 Å². The van der Waals surface area contributed by atoms with E-state index in [9.17, 15) is 0 Å². The highest BCUT2D eigenvalue weighted by molar-refractivity contribution is 5.63. The van der Waals surface area contributed by atoms with Gasteiger partial charge in [0.05, 0.1) is 0 Å². The minimum absolute atomic E-state index is 1.05. The van der Waals surface area contributed by atoms with Crippen LogP contribution in [0.25, 0.3) is 0 Å². The molecule has 1 nitrogen and oxygen atoms in total. The van der Waals surface area contributed by atoms with E-state index in [0.29, 0.717) is 0 Å². The van der Waals surface area contributed by atoms with E-state index in [1.165, 1.54) is 16.9 Å². The molecular weight excluding hydrogens is 218 g/mol. The van der Waals surface area contributed by atoms with E-state index >= 15 is 0 Å². The Morgan fingerprint density at radius 2 is 1.56 bits per heavy atom. The van der Waals surface area contributed by atoms with Crippen molar-refractivity contribution in [1.29, 1.82) is 0 Å². The minimum atomic E-state index is 1.05. The molecule has 0 saturated heterocycles. The first kappa shape index (κ1) is 12.7. The van der Waals surface area contributed by atoms with Crippen LogP contribution in [0.3, 0.4) is 0 Å². The van der Waals surface area contributed by atoms with Crippen LogP contribution in [-0.2, 0) is 6.42 Å². The van der Waals surface area contributed by atoms with Crippen molar-refractivity contribution in [3.8, 4) is 0 Å². The third-order valence-corrected chi connectivity index (χ3v) is 3.15. The maximum Gasteiger partial charge on any atom is 0.0413 e. The van der Waals surface area contributed by atoms with Gasteiger partial charge in [-0.2, -0.15) is 0 Å². The molecular formula is C17H21N. The van der Waals surface area contributed by atoms with Gasteiger partial charge < -0.3 is 4.90 Å². The molecule has 0 radical (unpaired) electrons. The summed E-state index contributed by atoms with van der Waals surface area (Å²) in [4.78, 5) is 2.39. The molecule has 1 heteroatoms. The first-order valence-corrected chi connectivity index (χ1v) is 6.76. The second-order valence-corrected chi connectivity index (χ2v) is 4.51. The van der Waals surface area contributed by atoms with Gasteiger partial charge in [0.15, 0.2) is 0 Å². The lowest BCUT2D eigenvalue weighted by atomic mass is 10.1. The maximum absolute atomic E-state index is 2.39. The standard InChI is InChI=1S/C17H21N/c1-3-13-18(16-10-6-5-7-11-16)17-12-8-9-15(4-2)14-17/h5-12,14H,3-4,13H2,1-2H3. The highest BCUT2D eigenvalue weighted by atomic mass is 15.1. The van der Waals surface area contributed by atoms with Crippen molar-refractivity contribution in [2.75, 3.05) is 11.4 Å². The molecule has 0 aromatic heterocycles. The molecule has 0 unspecified atom stereocenters. The molecule has 18 heavy (non-hydrogen) atoms. The fourth-order valence-corrected chi connectivity index (χ4v) is 2.18. The number of rotatable bonds is 5. The third-order valence-electron chi connectivity index (χ3n) is 3.15. The van der Waals surface area contributed by atoms with Gasteiger partial charge in [-0.1, -0.05) is 44.2 Å². The van der Waals surface area contributed by atoms with E-state index in [4.69, 9.17) is 0 Å². The van der Waals surface area contributed by atoms with Crippen LogP contribution < -0.4 is 4.90 Å². The Kier molecular flexibility index (Phi) is 4.40. The number of nitrogens with zero attached hydrogens (tertiary/aromatic N) is 1. The van der Waals surface area contributed by atoms with Crippen LogP contribution in [0.1, 0.15) is 25.8 Å². The monoisotopic (exact) mass is 239 g/mol. The molecule has 0 atom stereocenters. The molecule has 0 spiro atoms. The predicted octanol–water partition coefficient (Wildman–Crippen LogP) is 4.80. The topological polar surface area (TPSA) is 3.24 Å². The first-order valence-electron chi connectivity index (χ1n) is 6.76. The fourth-order valence-electron chi connectivity index (χ4n) is 2.18. The minimum Gasteiger partial charge on any atom is -0.341 e. The zero-order chi connectivity index (χ0) is 12.8. The number of anilines is 2. The molecule has 0 N–H and O–H groups in total. The summed E-state index contributed by atoms with van der Waals surface area (Å²) in [5.74, 6) is 0. The lowest BCUT2D eigenvalue weighted by Crippen LogP contribution is -2.17. The quantitative estimate of drug-likeness (QED) is 0.724. The summed E-state index contributed by atoms with van der Waals surface area (Å²) in [7, 11) is 0. The molecule has 0 saturated carbocycles. The van der Waals surface area contributed by atoms with Gasteiger partial charge in [-0.05, 0) is 42.7 Å². The fraction of sp³-hybridized carbons (Fsp3) is 0.294. The molecule has 0 heterocycles. The number of hydrogen-bond acceptors (Lipinski definition) is 1. The Balaban J connectivity index is 2.35. The zero-order valence-electron chi connectivity index (χ0n) is 11.3. The number of hydrogen-bond donors (Lipinski definition) is 0. The summed E-state index contributed by atoms with van der Waals surface area (Å²) in [6.07, 6.45) is 2.23. The Bertz CT molecular complexity index is 476. The second kappa shape index (κ2) is 6.25. The molecule has 94 valence electrons. The van der Waals surface area contributed by atoms with E-state index in [0.717, 1.165) is 19.4 Å². The number of para-hydroxylation sites is 1. The summed E-state index contributed by atoms with van der Waals surface area (Å²) in [6.45, 7) is 5.47.